The van der Waals surface area contributed by atoms with Gasteiger partial charge in [0.2, 0.25) is 5.91 Å². The van der Waals surface area contributed by atoms with Gasteiger partial charge in [-0.3, -0.25) is 14.9 Å². The van der Waals surface area contributed by atoms with E-state index >= 15 is 0 Å². The molecule has 3 atom stereocenters. The van der Waals surface area contributed by atoms with Crippen LogP contribution in [0.1, 0.15) is 25.8 Å². The van der Waals surface area contributed by atoms with E-state index in [1.165, 1.54) is 19.1 Å². The van der Waals surface area contributed by atoms with E-state index in [9.17, 15) is 19.2 Å². The highest BCUT2D eigenvalue weighted by Gasteiger charge is 2.45. The first-order valence-electron chi connectivity index (χ1n) is 9.92. The number of aryl methyl sites for hydroxylation is 1. The number of rotatable bonds is 9. The molecule has 1 aromatic rings. The van der Waals surface area contributed by atoms with Crippen molar-refractivity contribution >= 4 is 23.9 Å². The third-order valence-corrected chi connectivity index (χ3v) is 4.96. The van der Waals surface area contributed by atoms with E-state index in [1.807, 2.05) is 30.3 Å². The molecule has 1 aliphatic rings. The topological polar surface area (TPSA) is 105 Å². The number of esters is 2. The number of likely N-dealkylation sites (N-methyl/N-ethyl adjacent to an activating group) is 1. The fraction of sp³-hybridized carbons (Fsp3) is 0.524. The van der Waals surface area contributed by atoms with Gasteiger partial charge in [0.15, 0.2) is 6.04 Å². The van der Waals surface area contributed by atoms with Crippen LogP contribution >= 0.6 is 0 Å². The summed E-state index contributed by atoms with van der Waals surface area (Å²) in [5.74, 6) is -1.74. The molecule has 0 saturated carbocycles. The molecule has 9 heteroatoms. The molecule has 0 spiro atoms. The van der Waals surface area contributed by atoms with Crippen molar-refractivity contribution in [2.45, 2.75) is 44.8 Å². The third-order valence-electron chi connectivity index (χ3n) is 4.96. The van der Waals surface area contributed by atoms with E-state index in [0.29, 0.717) is 12.8 Å². The predicted molar refractivity (Wildman–Crippen MR) is 108 cm³/mol. The first-order valence-corrected chi connectivity index (χ1v) is 9.92. The molecule has 0 bridgehead atoms. The van der Waals surface area contributed by atoms with Crippen molar-refractivity contribution in [1.82, 2.24) is 15.1 Å². The zero-order valence-corrected chi connectivity index (χ0v) is 17.8. The second-order valence-electron chi connectivity index (χ2n) is 7.13. The van der Waals surface area contributed by atoms with E-state index in [0.717, 1.165) is 10.5 Å². The molecule has 3 amide bonds. The maximum Gasteiger partial charge on any atom is 0.331 e. The summed E-state index contributed by atoms with van der Waals surface area (Å²) in [6, 6.07) is 6.41. The van der Waals surface area contributed by atoms with Crippen molar-refractivity contribution in [1.29, 1.82) is 0 Å². The zero-order chi connectivity index (χ0) is 22.3. The second-order valence-corrected chi connectivity index (χ2v) is 7.13. The number of urea groups is 1. The van der Waals surface area contributed by atoms with Gasteiger partial charge in [-0.15, -0.1) is 0 Å². The molecular formula is C21H29N3O6. The number of amides is 3. The smallest absolute Gasteiger partial charge is 0.331 e. The molecule has 1 fully saturated rings. The van der Waals surface area contributed by atoms with Crippen LogP contribution in [0.5, 0.6) is 0 Å². The van der Waals surface area contributed by atoms with Crippen molar-refractivity contribution in [2.75, 3.05) is 27.3 Å². The Hall–Kier alpha value is -2.94. The van der Waals surface area contributed by atoms with Gasteiger partial charge in [-0.1, -0.05) is 30.3 Å². The second kappa shape index (κ2) is 10.7. The number of imide groups is 1. The van der Waals surface area contributed by atoms with Gasteiger partial charge in [-0.05, 0) is 32.3 Å². The Morgan fingerprint density at radius 3 is 2.50 bits per heavy atom. The van der Waals surface area contributed by atoms with Crippen molar-refractivity contribution in [3.05, 3.63) is 35.9 Å². The van der Waals surface area contributed by atoms with E-state index in [4.69, 9.17) is 9.47 Å². The van der Waals surface area contributed by atoms with Crippen molar-refractivity contribution in [3.8, 4) is 0 Å². The number of benzene rings is 1. The summed E-state index contributed by atoms with van der Waals surface area (Å²) in [5.41, 5.74) is 1.05. The summed E-state index contributed by atoms with van der Waals surface area (Å²) in [7, 11) is 2.71. The maximum absolute atomic E-state index is 13.0. The SMILES string of the molecule is CCOC(=O)C(CCc1ccccc1)NC(C)C(=O)N1C(=O)N(C)CC1C(=O)OC. The van der Waals surface area contributed by atoms with Crippen LogP contribution in [0.3, 0.4) is 0 Å². The van der Waals surface area contributed by atoms with Crippen LogP contribution in [0, 0.1) is 0 Å². The number of hydrogen-bond donors (Lipinski definition) is 1. The summed E-state index contributed by atoms with van der Waals surface area (Å²) in [4.78, 5) is 52.0. The Kier molecular flexibility index (Phi) is 8.35. The number of nitrogens with zero attached hydrogens (tertiary/aromatic N) is 2. The highest BCUT2D eigenvalue weighted by Crippen LogP contribution is 2.18. The standard InChI is InChI=1S/C21H29N3O6/c1-5-30-19(26)16(12-11-15-9-7-6-8-10-15)22-14(2)18(25)24-17(20(27)29-4)13-23(3)21(24)28/h6-10,14,16-17,22H,5,11-13H2,1-4H3. The van der Waals surface area contributed by atoms with E-state index in [-0.39, 0.29) is 13.2 Å². The lowest BCUT2D eigenvalue weighted by Gasteiger charge is -2.26. The summed E-state index contributed by atoms with van der Waals surface area (Å²) >= 11 is 0. The lowest BCUT2D eigenvalue weighted by atomic mass is 10.0. The van der Waals surface area contributed by atoms with Gasteiger partial charge in [-0.25, -0.2) is 14.5 Å². The van der Waals surface area contributed by atoms with E-state index < -0.39 is 42.0 Å². The molecule has 3 unspecified atom stereocenters. The maximum atomic E-state index is 13.0. The Morgan fingerprint density at radius 1 is 1.23 bits per heavy atom. The zero-order valence-electron chi connectivity index (χ0n) is 17.8. The van der Waals surface area contributed by atoms with Crippen LogP contribution in [0.4, 0.5) is 4.79 Å². The summed E-state index contributed by atoms with van der Waals surface area (Å²) in [6.07, 6.45) is 1.02. The minimum Gasteiger partial charge on any atom is -0.467 e. The molecule has 9 nitrogen and oxygen atoms in total. The molecule has 1 saturated heterocycles. The first-order chi connectivity index (χ1) is 14.3. The number of carbonyl (C=O) groups is 4. The van der Waals surface area contributed by atoms with Crippen LogP contribution in [0.25, 0.3) is 0 Å². The molecule has 164 valence electrons. The fourth-order valence-electron chi connectivity index (χ4n) is 3.35. The number of nitrogens with one attached hydrogen (secondary N) is 1. The number of ether oxygens (including phenoxy) is 2. The van der Waals surface area contributed by atoms with Crippen molar-refractivity contribution in [3.63, 3.8) is 0 Å². The predicted octanol–water partition coefficient (Wildman–Crippen LogP) is 0.965. The molecule has 1 aliphatic heterocycles. The minimum atomic E-state index is -1.02. The van der Waals surface area contributed by atoms with Gasteiger partial charge < -0.3 is 14.4 Å². The third kappa shape index (κ3) is 5.56. The molecule has 0 radical (unpaired) electrons. The molecule has 1 aromatic carbocycles. The Morgan fingerprint density at radius 2 is 1.90 bits per heavy atom. The molecule has 0 aromatic heterocycles. The Balaban J connectivity index is 2.11. The molecule has 30 heavy (non-hydrogen) atoms. The molecule has 2 rings (SSSR count). The van der Waals surface area contributed by atoms with Crippen LogP contribution in [0.2, 0.25) is 0 Å². The van der Waals surface area contributed by atoms with E-state index in [2.05, 4.69) is 5.32 Å². The fourth-order valence-corrected chi connectivity index (χ4v) is 3.35. The average molecular weight is 419 g/mol. The van der Waals surface area contributed by atoms with Crippen molar-refractivity contribution < 1.29 is 28.7 Å². The lowest BCUT2D eigenvalue weighted by Crippen LogP contribution is -2.55. The molecule has 0 aliphatic carbocycles. The monoisotopic (exact) mass is 419 g/mol. The first kappa shape index (κ1) is 23.3. The minimum absolute atomic E-state index is 0.0548. The number of carbonyl (C=O) groups excluding carboxylic acids is 4. The summed E-state index contributed by atoms with van der Waals surface area (Å²) < 4.78 is 9.86. The lowest BCUT2D eigenvalue weighted by molar-refractivity contribution is -0.150. The number of methoxy groups -OCH3 is 1. The highest BCUT2D eigenvalue weighted by atomic mass is 16.5. The van der Waals surface area contributed by atoms with Crippen LogP contribution < -0.4 is 5.32 Å². The highest BCUT2D eigenvalue weighted by molar-refractivity contribution is 6.03. The van der Waals surface area contributed by atoms with Crippen LogP contribution in [0.15, 0.2) is 30.3 Å². The van der Waals surface area contributed by atoms with Gasteiger partial charge in [0.1, 0.15) is 6.04 Å². The Labute approximate surface area is 176 Å². The van der Waals surface area contributed by atoms with Gasteiger partial charge in [-0.2, -0.15) is 0 Å². The van der Waals surface area contributed by atoms with Crippen LogP contribution in [-0.4, -0.2) is 79.1 Å². The summed E-state index contributed by atoms with van der Waals surface area (Å²) in [5, 5.41) is 2.97. The van der Waals surface area contributed by atoms with Crippen LogP contribution in [-0.2, 0) is 30.3 Å². The Bertz CT molecular complexity index is 769. The van der Waals surface area contributed by atoms with Gasteiger partial charge in [0.25, 0.3) is 0 Å². The van der Waals surface area contributed by atoms with Gasteiger partial charge in [0.05, 0.1) is 26.3 Å². The van der Waals surface area contributed by atoms with E-state index in [1.54, 1.807) is 13.8 Å². The number of hydrogen-bond acceptors (Lipinski definition) is 7. The molecule has 1 N–H and O–H groups in total. The quantitative estimate of drug-likeness (QED) is 0.595. The summed E-state index contributed by atoms with van der Waals surface area (Å²) in [6.45, 7) is 3.53. The molecule has 1 heterocycles. The van der Waals surface area contributed by atoms with Crippen molar-refractivity contribution in [2.24, 2.45) is 0 Å². The largest absolute Gasteiger partial charge is 0.467 e. The van der Waals surface area contributed by atoms with Gasteiger partial charge in [0, 0.05) is 7.05 Å². The normalized spacial score (nSPS) is 18.1. The average Bonchev–Trinajstić information content (AvgIpc) is 3.05. The molecular weight excluding hydrogens is 390 g/mol. The van der Waals surface area contributed by atoms with Gasteiger partial charge >= 0.3 is 18.0 Å².